The van der Waals surface area contributed by atoms with Crippen molar-refractivity contribution in [2.24, 2.45) is 10.2 Å². The summed E-state index contributed by atoms with van der Waals surface area (Å²) in [5, 5.41) is 14.1. The van der Waals surface area contributed by atoms with Crippen molar-refractivity contribution in [3.8, 4) is 0 Å². The van der Waals surface area contributed by atoms with E-state index >= 15 is 0 Å². The van der Waals surface area contributed by atoms with E-state index in [2.05, 4.69) is 31.7 Å². The Kier molecular flexibility index (Phi) is 8.92. The van der Waals surface area contributed by atoms with Gasteiger partial charge in [-0.05, 0) is 48.2 Å². The second-order valence-electron chi connectivity index (χ2n) is 7.59. The molecule has 3 aromatic carbocycles. The molecule has 0 heterocycles. The molecule has 0 radical (unpaired) electrons. The van der Waals surface area contributed by atoms with E-state index in [0.717, 1.165) is 33.6 Å². The van der Waals surface area contributed by atoms with Crippen LogP contribution in [-0.2, 0) is 9.59 Å². The first-order chi connectivity index (χ1) is 16.5. The van der Waals surface area contributed by atoms with Crippen molar-refractivity contribution < 1.29 is 9.59 Å². The molecule has 0 aliphatic rings. The number of hydrazone groups is 2. The molecular formula is C26H28N6O2. The van der Waals surface area contributed by atoms with Gasteiger partial charge in [0.1, 0.15) is 0 Å². The van der Waals surface area contributed by atoms with Crippen molar-refractivity contribution in [1.82, 2.24) is 10.9 Å². The van der Waals surface area contributed by atoms with Crippen molar-refractivity contribution in [3.05, 3.63) is 95.1 Å². The lowest BCUT2D eigenvalue weighted by Gasteiger charge is -2.07. The number of aryl methyl sites for hydroxylation is 2. The smallest absolute Gasteiger partial charge is 0.259 e. The molecule has 2 amide bonds. The fourth-order valence-electron chi connectivity index (χ4n) is 3.00. The van der Waals surface area contributed by atoms with E-state index in [4.69, 9.17) is 0 Å². The summed E-state index contributed by atoms with van der Waals surface area (Å²) in [6, 6.07) is 22.9. The number of rotatable bonds is 10. The molecule has 174 valence electrons. The van der Waals surface area contributed by atoms with Crippen LogP contribution in [-0.4, -0.2) is 37.3 Å². The van der Waals surface area contributed by atoms with Gasteiger partial charge in [0, 0.05) is 11.4 Å². The van der Waals surface area contributed by atoms with Crippen LogP contribution in [0.5, 0.6) is 0 Å². The van der Waals surface area contributed by atoms with Gasteiger partial charge in [-0.2, -0.15) is 10.2 Å². The molecule has 8 heteroatoms. The SMILES string of the molecule is Cc1ccccc1NCC(=O)N/N=C\c1ccc(/C=N\NC(=O)CNc2ccccc2C)cc1. The Balaban J connectivity index is 1.38. The van der Waals surface area contributed by atoms with E-state index in [9.17, 15) is 9.59 Å². The maximum absolute atomic E-state index is 11.9. The summed E-state index contributed by atoms with van der Waals surface area (Å²) in [5.41, 5.74) is 10.6. The molecule has 8 nitrogen and oxygen atoms in total. The second-order valence-corrected chi connectivity index (χ2v) is 7.59. The Morgan fingerprint density at radius 3 is 1.41 bits per heavy atom. The summed E-state index contributed by atoms with van der Waals surface area (Å²) >= 11 is 0. The van der Waals surface area contributed by atoms with Gasteiger partial charge in [0.25, 0.3) is 11.8 Å². The van der Waals surface area contributed by atoms with Gasteiger partial charge >= 0.3 is 0 Å². The zero-order valence-corrected chi connectivity index (χ0v) is 19.2. The lowest BCUT2D eigenvalue weighted by molar-refractivity contribution is -0.120. The number of nitrogens with one attached hydrogen (secondary N) is 4. The lowest BCUT2D eigenvalue weighted by Crippen LogP contribution is -2.26. The van der Waals surface area contributed by atoms with Crippen LogP contribution in [0.1, 0.15) is 22.3 Å². The van der Waals surface area contributed by atoms with Crippen molar-refractivity contribution in [3.63, 3.8) is 0 Å². The van der Waals surface area contributed by atoms with Crippen molar-refractivity contribution >= 4 is 35.6 Å². The predicted octanol–water partition coefficient (Wildman–Crippen LogP) is 3.43. The predicted molar refractivity (Wildman–Crippen MR) is 137 cm³/mol. The van der Waals surface area contributed by atoms with E-state index in [0.29, 0.717) is 0 Å². The summed E-state index contributed by atoms with van der Waals surface area (Å²) in [7, 11) is 0. The monoisotopic (exact) mass is 456 g/mol. The van der Waals surface area contributed by atoms with Gasteiger partial charge in [-0.3, -0.25) is 9.59 Å². The van der Waals surface area contributed by atoms with Gasteiger partial charge < -0.3 is 10.6 Å². The number of carbonyl (C=O) groups is 2. The van der Waals surface area contributed by atoms with Crippen molar-refractivity contribution in [2.45, 2.75) is 13.8 Å². The molecule has 0 aromatic heterocycles. The van der Waals surface area contributed by atoms with Crippen molar-refractivity contribution in [2.75, 3.05) is 23.7 Å². The number of carbonyl (C=O) groups excluding carboxylic acids is 2. The largest absolute Gasteiger partial charge is 0.376 e. The van der Waals surface area contributed by atoms with Crippen LogP contribution in [0.15, 0.2) is 83.0 Å². The number of anilines is 2. The fourth-order valence-corrected chi connectivity index (χ4v) is 3.00. The van der Waals surface area contributed by atoms with Crippen LogP contribution < -0.4 is 21.5 Å². The lowest BCUT2D eigenvalue weighted by atomic mass is 10.2. The molecule has 0 aliphatic carbocycles. The highest BCUT2D eigenvalue weighted by Gasteiger charge is 2.02. The van der Waals surface area contributed by atoms with Crippen LogP contribution in [0.3, 0.4) is 0 Å². The summed E-state index contributed by atoms with van der Waals surface area (Å²) in [4.78, 5) is 23.9. The Morgan fingerprint density at radius 2 is 1.03 bits per heavy atom. The van der Waals surface area contributed by atoms with Gasteiger partial charge in [-0.15, -0.1) is 0 Å². The van der Waals surface area contributed by atoms with Crippen LogP contribution >= 0.6 is 0 Å². The Bertz CT molecular complexity index is 1080. The van der Waals surface area contributed by atoms with Crippen molar-refractivity contribution in [1.29, 1.82) is 0 Å². The molecule has 0 fully saturated rings. The fraction of sp³-hybridized carbons (Fsp3) is 0.154. The zero-order chi connectivity index (χ0) is 24.2. The Hall–Kier alpha value is -4.46. The molecule has 0 spiro atoms. The maximum atomic E-state index is 11.9. The average molecular weight is 457 g/mol. The second kappa shape index (κ2) is 12.5. The highest BCUT2D eigenvalue weighted by atomic mass is 16.2. The molecule has 3 aromatic rings. The van der Waals surface area contributed by atoms with E-state index in [1.165, 1.54) is 0 Å². The average Bonchev–Trinajstić information content (AvgIpc) is 2.84. The standard InChI is InChI=1S/C26H28N6O2/c1-19-7-3-5-9-23(19)27-17-25(33)31-29-15-21-11-13-22(14-12-21)16-30-32-26(34)18-28-24-10-6-4-8-20(24)2/h3-16,27-28H,17-18H2,1-2H3,(H,31,33)(H,32,34)/b29-15-,30-16-. The number of amides is 2. The quantitative estimate of drug-likeness (QED) is 0.277. The van der Waals surface area contributed by atoms with E-state index in [1.54, 1.807) is 12.4 Å². The van der Waals surface area contributed by atoms with Gasteiger partial charge in [-0.25, -0.2) is 10.9 Å². The van der Waals surface area contributed by atoms with Crippen LogP contribution in [0.2, 0.25) is 0 Å². The summed E-state index contributed by atoms with van der Waals surface area (Å²) in [6.07, 6.45) is 3.12. The van der Waals surface area contributed by atoms with Gasteiger partial charge in [0.2, 0.25) is 0 Å². The van der Waals surface area contributed by atoms with Crippen LogP contribution in [0.25, 0.3) is 0 Å². The van der Waals surface area contributed by atoms with Crippen LogP contribution in [0.4, 0.5) is 11.4 Å². The summed E-state index contributed by atoms with van der Waals surface area (Å²) in [6.45, 7) is 4.21. The van der Waals surface area contributed by atoms with Gasteiger partial charge in [0.15, 0.2) is 0 Å². The Labute approximate surface area is 199 Å². The molecule has 34 heavy (non-hydrogen) atoms. The highest BCUT2D eigenvalue weighted by Crippen LogP contribution is 2.13. The molecule has 0 saturated carbocycles. The van der Waals surface area contributed by atoms with E-state index < -0.39 is 0 Å². The van der Waals surface area contributed by atoms with E-state index in [1.807, 2.05) is 86.6 Å². The summed E-state index contributed by atoms with van der Waals surface area (Å²) < 4.78 is 0. The molecular weight excluding hydrogens is 428 g/mol. The molecule has 4 N–H and O–H groups in total. The number of benzene rings is 3. The minimum atomic E-state index is -0.240. The first-order valence-corrected chi connectivity index (χ1v) is 10.8. The normalized spacial score (nSPS) is 10.9. The molecule has 0 unspecified atom stereocenters. The van der Waals surface area contributed by atoms with Crippen LogP contribution in [0, 0.1) is 13.8 Å². The minimum absolute atomic E-state index is 0.129. The topological polar surface area (TPSA) is 107 Å². The minimum Gasteiger partial charge on any atom is -0.376 e. The third-order valence-corrected chi connectivity index (χ3v) is 4.91. The zero-order valence-electron chi connectivity index (χ0n) is 19.2. The third kappa shape index (κ3) is 7.90. The summed E-state index contributed by atoms with van der Waals surface area (Å²) in [5.74, 6) is -0.480. The molecule has 3 rings (SSSR count). The number of para-hydroxylation sites is 2. The Morgan fingerprint density at radius 1 is 0.647 bits per heavy atom. The first-order valence-electron chi connectivity index (χ1n) is 10.8. The highest BCUT2D eigenvalue weighted by molar-refractivity contribution is 5.87. The maximum Gasteiger partial charge on any atom is 0.259 e. The van der Waals surface area contributed by atoms with Gasteiger partial charge in [0.05, 0.1) is 25.5 Å². The first kappa shape index (κ1) is 24.2. The third-order valence-electron chi connectivity index (χ3n) is 4.91. The molecule has 0 aliphatic heterocycles. The molecule has 0 saturated heterocycles. The number of hydrogen-bond donors (Lipinski definition) is 4. The molecule has 0 bridgehead atoms. The number of nitrogens with zero attached hydrogens (tertiary/aromatic N) is 2. The van der Waals surface area contributed by atoms with E-state index in [-0.39, 0.29) is 24.9 Å². The molecule has 0 atom stereocenters. The van der Waals surface area contributed by atoms with Gasteiger partial charge in [-0.1, -0.05) is 60.7 Å². The number of hydrogen-bond acceptors (Lipinski definition) is 6.